The number of hydrogen-bond acceptors (Lipinski definition) is 3. The second-order valence-corrected chi connectivity index (χ2v) is 5.71. The SMILES string of the molecule is CCNC(Cc1nccs1)Cc1ccc(F)cc1Cl. The smallest absolute Gasteiger partial charge is 0.124 e. The first-order valence-electron chi connectivity index (χ1n) is 6.24. The highest BCUT2D eigenvalue weighted by molar-refractivity contribution is 7.09. The molecular weight excluding hydrogens is 283 g/mol. The van der Waals surface area contributed by atoms with E-state index in [0.717, 1.165) is 30.0 Å². The van der Waals surface area contributed by atoms with Crippen LogP contribution in [0.1, 0.15) is 17.5 Å². The molecule has 1 aromatic carbocycles. The van der Waals surface area contributed by atoms with Gasteiger partial charge in [0.2, 0.25) is 0 Å². The minimum absolute atomic E-state index is 0.263. The molecular formula is C14H16ClFN2S. The number of nitrogens with one attached hydrogen (secondary N) is 1. The zero-order valence-corrected chi connectivity index (χ0v) is 12.3. The van der Waals surface area contributed by atoms with Crippen LogP contribution in [0.15, 0.2) is 29.8 Å². The van der Waals surface area contributed by atoms with Crippen LogP contribution < -0.4 is 5.32 Å². The summed E-state index contributed by atoms with van der Waals surface area (Å²) in [4.78, 5) is 4.30. The van der Waals surface area contributed by atoms with Gasteiger partial charge in [-0.3, -0.25) is 0 Å². The van der Waals surface area contributed by atoms with Gasteiger partial charge in [0.1, 0.15) is 5.82 Å². The van der Waals surface area contributed by atoms with Crippen molar-refractivity contribution >= 4 is 22.9 Å². The van der Waals surface area contributed by atoms with Gasteiger partial charge >= 0.3 is 0 Å². The van der Waals surface area contributed by atoms with Crippen LogP contribution in [0, 0.1) is 5.82 Å². The molecule has 0 fully saturated rings. The van der Waals surface area contributed by atoms with E-state index in [4.69, 9.17) is 11.6 Å². The van der Waals surface area contributed by atoms with Gasteiger partial charge in [-0.15, -0.1) is 11.3 Å². The maximum atomic E-state index is 13.0. The Morgan fingerprint density at radius 3 is 2.89 bits per heavy atom. The molecule has 2 nitrogen and oxygen atoms in total. The fourth-order valence-corrected chi connectivity index (χ4v) is 2.96. The lowest BCUT2D eigenvalue weighted by molar-refractivity contribution is 0.520. The van der Waals surface area contributed by atoms with Crippen LogP contribution in [0.4, 0.5) is 4.39 Å². The molecule has 5 heteroatoms. The fourth-order valence-electron chi connectivity index (χ4n) is 2.02. The van der Waals surface area contributed by atoms with E-state index in [1.54, 1.807) is 17.4 Å². The van der Waals surface area contributed by atoms with E-state index in [1.807, 2.05) is 11.6 Å². The average molecular weight is 299 g/mol. The van der Waals surface area contributed by atoms with Crippen molar-refractivity contribution in [1.82, 2.24) is 10.3 Å². The van der Waals surface area contributed by atoms with Crippen molar-refractivity contribution < 1.29 is 4.39 Å². The number of nitrogens with zero attached hydrogens (tertiary/aromatic N) is 1. The number of likely N-dealkylation sites (N-methyl/N-ethyl adjacent to an activating group) is 1. The Kier molecular flexibility index (Phi) is 5.31. The van der Waals surface area contributed by atoms with Gasteiger partial charge in [0.05, 0.1) is 5.01 Å². The van der Waals surface area contributed by atoms with Crippen molar-refractivity contribution in [2.75, 3.05) is 6.54 Å². The van der Waals surface area contributed by atoms with Crippen LogP contribution >= 0.6 is 22.9 Å². The molecule has 0 spiro atoms. The molecule has 0 saturated heterocycles. The summed E-state index contributed by atoms with van der Waals surface area (Å²) < 4.78 is 13.0. The summed E-state index contributed by atoms with van der Waals surface area (Å²) >= 11 is 7.73. The minimum Gasteiger partial charge on any atom is -0.314 e. The van der Waals surface area contributed by atoms with Gasteiger partial charge in [-0.05, 0) is 30.7 Å². The number of halogens is 2. The molecule has 1 aromatic heterocycles. The zero-order valence-electron chi connectivity index (χ0n) is 10.7. The third-order valence-electron chi connectivity index (χ3n) is 2.88. The number of hydrogen-bond donors (Lipinski definition) is 1. The number of rotatable bonds is 6. The molecule has 2 aromatic rings. The highest BCUT2D eigenvalue weighted by Gasteiger charge is 2.13. The van der Waals surface area contributed by atoms with Gasteiger partial charge in [0.25, 0.3) is 0 Å². The molecule has 0 bridgehead atoms. The van der Waals surface area contributed by atoms with Crippen molar-refractivity contribution in [1.29, 1.82) is 0 Å². The third kappa shape index (κ3) is 4.27. The maximum absolute atomic E-state index is 13.0. The standard InChI is InChI=1S/C14H16ClFN2S/c1-2-17-12(9-14-18-5-6-19-14)7-10-3-4-11(16)8-13(10)15/h3-6,8,12,17H,2,7,9H2,1H3. The first-order valence-corrected chi connectivity index (χ1v) is 7.50. The van der Waals surface area contributed by atoms with Gasteiger partial charge in [-0.2, -0.15) is 0 Å². The largest absolute Gasteiger partial charge is 0.314 e. The molecule has 1 atom stereocenters. The van der Waals surface area contributed by atoms with E-state index in [9.17, 15) is 4.39 Å². The van der Waals surface area contributed by atoms with E-state index >= 15 is 0 Å². The van der Waals surface area contributed by atoms with Crippen molar-refractivity contribution in [3.8, 4) is 0 Å². The summed E-state index contributed by atoms with van der Waals surface area (Å²) in [7, 11) is 0. The quantitative estimate of drug-likeness (QED) is 0.879. The van der Waals surface area contributed by atoms with Crippen molar-refractivity contribution in [2.24, 2.45) is 0 Å². The third-order valence-corrected chi connectivity index (χ3v) is 4.03. The summed E-state index contributed by atoms with van der Waals surface area (Å²) in [5, 5.41) is 6.99. The van der Waals surface area contributed by atoms with Crippen molar-refractivity contribution in [3.05, 3.63) is 51.2 Å². The molecule has 102 valence electrons. The lowest BCUT2D eigenvalue weighted by Gasteiger charge is -2.17. The molecule has 0 aliphatic carbocycles. The molecule has 2 rings (SSSR count). The second kappa shape index (κ2) is 6.98. The minimum atomic E-state index is -0.298. The zero-order chi connectivity index (χ0) is 13.7. The predicted molar refractivity (Wildman–Crippen MR) is 78.4 cm³/mol. The number of benzene rings is 1. The highest BCUT2D eigenvalue weighted by Crippen LogP contribution is 2.20. The first-order chi connectivity index (χ1) is 9.19. The van der Waals surface area contributed by atoms with Crippen LogP contribution in [0.3, 0.4) is 0 Å². The monoisotopic (exact) mass is 298 g/mol. The molecule has 1 heterocycles. The van der Waals surface area contributed by atoms with Crippen LogP contribution in [0.2, 0.25) is 5.02 Å². The molecule has 1 unspecified atom stereocenters. The molecule has 0 aliphatic rings. The fraction of sp³-hybridized carbons (Fsp3) is 0.357. The molecule has 19 heavy (non-hydrogen) atoms. The van der Waals surface area contributed by atoms with E-state index in [-0.39, 0.29) is 11.9 Å². The van der Waals surface area contributed by atoms with Gasteiger partial charge in [0, 0.05) is 29.1 Å². The average Bonchev–Trinajstić information content (AvgIpc) is 2.86. The Hall–Kier alpha value is -0.970. The van der Waals surface area contributed by atoms with Gasteiger partial charge in [-0.1, -0.05) is 24.6 Å². The van der Waals surface area contributed by atoms with E-state index in [0.29, 0.717) is 5.02 Å². The van der Waals surface area contributed by atoms with Crippen molar-refractivity contribution in [3.63, 3.8) is 0 Å². The Balaban J connectivity index is 2.07. The van der Waals surface area contributed by atoms with Crippen molar-refractivity contribution in [2.45, 2.75) is 25.8 Å². The van der Waals surface area contributed by atoms with Crippen LogP contribution in [-0.2, 0) is 12.8 Å². The van der Waals surface area contributed by atoms with Gasteiger partial charge in [0.15, 0.2) is 0 Å². The topological polar surface area (TPSA) is 24.9 Å². The summed E-state index contributed by atoms with van der Waals surface area (Å²) in [6.07, 6.45) is 3.44. The van der Waals surface area contributed by atoms with Gasteiger partial charge in [-0.25, -0.2) is 9.37 Å². The van der Waals surface area contributed by atoms with Gasteiger partial charge < -0.3 is 5.32 Å². The molecule has 0 amide bonds. The summed E-state index contributed by atoms with van der Waals surface area (Å²) in [6, 6.07) is 4.83. The van der Waals surface area contributed by atoms with E-state index in [1.165, 1.54) is 12.1 Å². The van der Waals surface area contributed by atoms with E-state index < -0.39 is 0 Å². The lowest BCUT2D eigenvalue weighted by atomic mass is 10.0. The van der Waals surface area contributed by atoms with E-state index in [2.05, 4.69) is 17.2 Å². The molecule has 1 N–H and O–H groups in total. The number of thiazole rings is 1. The lowest BCUT2D eigenvalue weighted by Crippen LogP contribution is -2.33. The Morgan fingerprint density at radius 1 is 1.42 bits per heavy atom. The first kappa shape index (κ1) is 14.4. The second-order valence-electron chi connectivity index (χ2n) is 4.32. The Morgan fingerprint density at radius 2 is 2.26 bits per heavy atom. The predicted octanol–water partition coefficient (Wildman–Crippen LogP) is 3.70. The molecule has 0 aliphatic heterocycles. The van der Waals surface area contributed by atoms with Crippen LogP contribution in [-0.4, -0.2) is 17.6 Å². The Bertz CT molecular complexity index is 516. The molecule has 0 radical (unpaired) electrons. The number of aromatic nitrogens is 1. The normalized spacial score (nSPS) is 12.6. The summed E-state index contributed by atoms with van der Waals surface area (Å²) in [6.45, 7) is 2.95. The summed E-state index contributed by atoms with van der Waals surface area (Å²) in [5.41, 5.74) is 0.963. The highest BCUT2D eigenvalue weighted by atomic mass is 35.5. The Labute approximate surface area is 121 Å². The van der Waals surface area contributed by atoms with Crippen LogP contribution in [0.5, 0.6) is 0 Å². The maximum Gasteiger partial charge on any atom is 0.124 e. The summed E-state index contributed by atoms with van der Waals surface area (Å²) in [5.74, 6) is -0.298. The van der Waals surface area contributed by atoms with Crippen LogP contribution in [0.25, 0.3) is 0 Å². The molecule has 0 saturated carbocycles.